The monoisotopic (exact) mass is 580 g/mol. The zero-order valence-electron chi connectivity index (χ0n) is 25.0. The van der Waals surface area contributed by atoms with Crippen molar-refractivity contribution in [3.63, 3.8) is 0 Å². The van der Waals surface area contributed by atoms with Gasteiger partial charge in [-0.05, 0) is 49.7 Å². The van der Waals surface area contributed by atoms with Gasteiger partial charge in [0.25, 0.3) is 11.8 Å². The Morgan fingerprint density at radius 2 is 1.46 bits per heavy atom. The van der Waals surface area contributed by atoms with Crippen molar-refractivity contribution in [2.45, 2.75) is 98.4 Å². The van der Waals surface area contributed by atoms with E-state index in [-0.39, 0.29) is 5.75 Å². The predicted molar refractivity (Wildman–Crippen MR) is 166 cm³/mol. The molecular formula is C31H52N2O4S2. The fourth-order valence-corrected chi connectivity index (χ4v) is 5.98. The summed E-state index contributed by atoms with van der Waals surface area (Å²) in [6, 6.07) is 7.62. The molecule has 1 aromatic rings. The highest BCUT2D eigenvalue weighted by Gasteiger charge is 2.23. The quantitative estimate of drug-likeness (QED) is 0.128. The summed E-state index contributed by atoms with van der Waals surface area (Å²) in [6.45, 7) is 11.5. The maximum absolute atomic E-state index is 12.5. The minimum atomic E-state index is -3.72. The van der Waals surface area contributed by atoms with E-state index in [0.717, 1.165) is 30.4 Å². The third-order valence-electron chi connectivity index (χ3n) is 6.92. The normalized spacial score (nSPS) is 14.6. The van der Waals surface area contributed by atoms with Crippen molar-refractivity contribution < 1.29 is 18.0 Å². The van der Waals surface area contributed by atoms with Crippen molar-refractivity contribution in [2.75, 3.05) is 17.8 Å². The second-order valence-corrected chi connectivity index (χ2v) is 14.4. The molecule has 3 atom stereocenters. The number of carbonyl (C=O) groups is 2. The second-order valence-electron chi connectivity index (χ2n) is 11.6. The van der Waals surface area contributed by atoms with Gasteiger partial charge < -0.3 is 5.32 Å². The highest BCUT2D eigenvalue weighted by atomic mass is 32.2. The van der Waals surface area contributed by atoms with Gasteiger partial charge in [0.2, 0.25) is 10.0 Å². The Balaban J connectivity index is 2.38. The van der Waals surface area contributed by atoms with Gasteiger partial charge in [-0.1, -0.05) is 102 Å². The van der Waals surface area contributed by atoms with E-state index in [1.54, 1.807) is 30.3 Å². The molecule has 39 heavy (non-hydrogen) atoms. The van der Waals surface area contributed by atoms with E-state index in [9.17, 15) is 18.0 Å². The molecule has 0 bridgehead atoms. The Bertz CT molecular complexity index is 978. The van der Waals surface area contributed by atoms with Gasteiger partial charge in [0.05, 0.1) is 6.26 Å². The van der Waals surface area contributed by atoms with Crippen molar-refractivity contribution in [2.24, 2.45) is 17.8 Å². The first-order chi connectivity index (χ1) is 18.4. The van der Waals surface area contributed by atoms with Crippen LogP contribution in [0.5, 0.6) is 0 Å². The van der Waals surface area contributed by atoms with Crippen LogP contribution >= 0.6 is 11.8 Å². The molecule has 0 spiro atoms. The van der Waals surface area contributed by atoms with Gasteiger partial charge in [-0.15, -0.1) is 0 Å². The molecule has 1 aromatic carbocycles. The number of thioether (sulfide) groups is 1. The number of allylic oxidation sites excluding steroid dienone is 1. The Morgan fingerprint density at radius 3 is 2.03 bits per heavy atom. The molecule has 0 aliphatic carbocycles. The van der Waals surface area contributed by atoms with Crippen LogP contribution < -0.4 is 10.0 Å². The van der Waals surface area contributed by atoms with Gasteiger partial charge in [0, 0.05) is 17.1 Å². The topological polar surface area (TPSA) is 92.3 Å². The molecule has 0 aromatic heterocycles. The molecule has 8 heteroatoms. The second kappa shape index (κ2) is 19.3. The smallest absolute Gasteiger partial charge is 0.256 e. The first kappa shape index (κ1) is 35.2. The lowest BCUT2D eigenvalue weighted by Crippen LogP contribution is -2.49. The Morgan fingerprint density at radius 1 is 0.897 bits per heavy atom. The number of nitrogens with one attached hydrogen (secondary N) is 2. The fraction of sp³-hybridized carbons (Fsp3) is 0.677. The van der Waals surface area contributed by atoms with E-state index in [1.165, 1.54) is 68.7 Å². The van der Waals surface area contributed by atoms with E-state index in [4.69, 9.17) is 0 Å². The molecule has 0 saturated heterocycles. The molecular weight excluding hydrogens is 528 g/mol. The molecule has 2 N–H and O–H groups in total. The van der Waals surface area contributed by atoms with Gasteiger partial charge in [-0.3, -0.25) is 14.3 Å². The highest BCUT2D eigenvalue weighted by Crippen LogP contribution is 2.22. The number of sulfonamides is 1. The molecule has 1 rings (SSSR count). The van der Waals surface area contributed by atoms with Gasteiger partial charge in [0.1, 0.15) is 6.04 Å². The zero-order chi connectivity index (χ0) is 29.3. The third kappa shape index (κ3) is 18.2. The Kier molecular flexibility index (Phi) is 17.4. The summed E-state index contributed by atoms with van der Waals surface area (Å²) in [6.07, 6.45) is 14.6. The molecule has 0 radical (unpaired) electrons. The number of rotatable bonds is 20. The van der Waals surface area contributed by atoms with E-state index < -0.39 is 27.9 Å². The lowest BCUT2D eigenvalue weighted by atomic mass is 9.91. The van der Waals surface area contributed by atoms with Crippen molar-refractivity contribution in [1.29, 1.82) is 0 Å². The first-order valence-electron chi connectivity index (χ1n) is 14.5. The van der Waals surface area contributed by atoms with Crippen molar-refractivity contribution in [3.05, 3.63) is 47.5 Å². The molecule has 0 saturated carbocycles. The standard InChI is InChI=1S/C31H52N2O4S2/c1-24(2)13-10-14-25(3)15-11-16-26(4)17-12-18-27(5)21-22-38-23-29(31(35)33-39(6,36)37)32-30(34)28-19-8-7-9-20-28/h7-9,19-21,24-26,29H,10-18,22-23H2,1-6H3,(H,32,34)(H,33,35). The number of hydrogen-bond acceptors (Lipinski definition) is 5. The number of hydrogen-bond donors (Lipinski definition) is 2. The van der Waals surface area contributed by atoms with Gasteiger partial charge in [-0.2, -0.15) is 11.8 Å². The molecule has 0 fully saturated rings. The van der Waals surface area contributed by atoms with Gasteiger partial charge >= 0.3 is 0 Å². The summed E-state index contributed by atoms with van der Waals surface area (Å²) < 4.78 is 25.1. The molecule has 0 aliphatic heterocycles. The summed E-state index contributed by atoms with van der Waals surface area (Å²) in [5.74, 6) is 2.22. The largest absolute Gasteiger partial charge is 0.339 e. The highest BCUT2D eigenvalue weighted by molar-refractivity contribution is 7.99. The molecule has 0 heterocycles. The Labute approximate surface area is 242 Å². The maximum Gasteiger partial charge on any atom is 0.256 e. The third-order valence-corrected chi connectivity index (χ3v) is 8.46. The van der Waals surface area contributed by atoms with Gasteiger partial charge in [-0.25, -0.2) is 8.42 Å². The van der Waals surface area contributed by atoms with Crippen LogP contribution in [0.2, 0.25) is 0 Å². The molecule has 2 amide bonds. The van der Waals surface area contributed by atoms with Crippen LogP contribution in [0.25, 0.3) is 0 Å². The molecule has 0 aliphatic rings. The van der Waals surface area contributed by atoms with E-state index in [1.807, 2.05) is 4.72 Å². The van der Waals surface area contributed by atoms with Crippen molar-refractivity contribution in [1.82, 2.24) is 10.0 Å². The van der Waals surface area contributed by atoms with Crippen LogP contribution in [0.4, 0.5) is 0 Å². The minimum Gasteiger partial charge on any atom is -0.339 e. The summed E-state index contributed by atoms with van der Waals surface area (Å²) in [7, 11) is -3.72. The van der Waals surface area contributed by atoms with Crippen LogP contribution in [0, 0.1) is 17.8 Å². The van der Waals surface area contributed by atoms with Crippen LogP contribution in [0.15, 0.2) is 42.0 Å². The number of carbonyl (C=O) groups excluding carboxylic acids is 2. The summed E-state index contributed by atoms with van der Waals surface area (Å²) in [4.78, 5) is 25.0. The van der Waals surface area contributed by atoms with E-state index >= 15 is 0 Å². The minimum absolute atomic E-state index is 0.274. The molecule has 222 valence electrons. The Hall–Kier alpha value is -1.80. The first-order valence-corrected chi connectivity index (χ1v) is 17.5. The predicted octanol–water partition coefficient (Wildman–Crippen LogP) is 6.98. The maximum atomic E-state index is 12.5. The number of benzene rings is 1. The van der Waals surface area contributed by atoms with Crippen molar-refractivity contribution >= 4 is 33.6 Å². The molecule has 6 nitrogen and oxygen atoms in total. The summed E-state index contributed by atoms with van der Waals surface area (Å²) >= 11 is 1.49. The number of amides is 2. The zero-order valence-corrected chi connectivity index (χ0v) is 26.6. The lowest BCUT2D eigenvalue weighted by Gasteiger charge is -2.17. The molecule has 3 unspecified atom stereocenters. The average molecular weight is 581 g/mol. The van der Waals surface area contributed by atoms with Crippen LogP contribution in [0.1, 0.15) is 103 Å². The van der Waals surface area contributed by atoms with Crippen molar-refractivity contribution in [3.8, 4) is 0 Å². The average Bonchev–Trinajstić information content (AvgIpc) is 2.85. The summed E-state index contributed by atoms with van der Waals surface area (Å²) in [5.41, 5.74) is 1.74. The van der Waals surface area contributed by atoms with Crippen LogP contribution in [-0.2, 0) is 14.8 Å². The van der Waals surface area contributed by atoms with Crippen LogP contribution in [-0.4, -0.2) is 44.0 Å². The lowest BCUT2D eigenvalue weighted by molar-refractivity contribution is -0.120. The fourth-order valence-electron chi connectivity index (χ4n) is 4.46. The SMILES string of the molecule is CC(=CCSCC(NC(=O)c1ccccc1)C(=O)NS(C)(=O)=O)CCCC(C)CCCC(C)CCCC(C)C. The van der Waals surface area contributed by atoms with Gasteiger partial charge in [0.15, 0.2) is 0 Å². The van der Waals surface area contributed by atoms with Crippen LogP contribution in [0.3, 0.4) is 0 Å². The van der Waals surface area contributed by atoms with E-state index in [0.29, 0.717) is 11.3 Å². The summed E-state index contributed by atoms with van der Waals surface area (Å²) in [5, 5.41) is 2.67. The van der Waals surface area contributed by atoms with E-state index in [2.05, 4.69) is 46.0 Å².